The molecule has 142 valence electrons. The number of amides is 1. The van der Waals surface area contributed by atoms with E-state index < -0.39 is 6.10 Å². The number of piperidine rings is 1. The summed E-state index contributed by atoms with van der Waals surface area (Å²) in [7, 11) is 0. The summed E-state index contributed by atoms with van der Waals surface area (Å²) >= 11 is 0. The van der Waals surface area contributed by atoms with Crippen molar-refractivity contribution in [3.8, 4) is 5.75 Å². The summed E-state index contributed by atoms with van der Waals surface area (Å²) in [5.74, 6) is 1.84. The molecule has 3 aliphatic heterocycles. The van der Waals surface area contributed by atoms with Gasteiger partial charge in [0.1, 0.15) is 23.2 Å². The Hall–Kier alpha value is -2.70. The van der Waals surface area contributed by atoms with Gasteiger partial charge in [0.25, 0.3) is 5.91 Å². The van der Waals surface area contributed by atoms with E-state index in [1.54, 1.807) is 6.92 Å². The van der Waals surface area contributed by atoms with E-state index in [0.29, 0.717) is 5.75 Å². The number of halogens is 1. The van der Waals surface area contributed by atoms with E-state index in [1.165, 1.54) is 24.3 Å². The molecule has 6 nitrogen and oxygen atoms in total. The fourth-order valence-corrected chi connectivity index (χ4v) is 3.99. The van der Waals surface area contributed by atoms with Gasteiger partial charge in [0.05, 0.1) is 12.1 Å². The molecule has 3 unspecified atom stereocenters. The molecule has 1 aromatic carbocycles. The van der Waals surface area contributed by atoms with Crippen LogP contribution in [0.2, 0.25) is 0 Å². The van der Waals surface area contributed by atoms with Gasteiger partial charge in [0.15, 0.2) is 6.10 Å². The Labute approximate surface area is 158 Å². The minimum atomic E-state index is -0.601. The van der Waals surface area contributed by atoms with E-state index in [-0.39, 0.29) is 23.8 Å². The molecule has 7 heteroatoms. The molecule has 3 aliphatic rings. The van der Waals surface area contributed by atoms with Gasteiger partial charge in [-0.15, -0.1) is 0 Å². The normalized spacial score (nSPS) is 22.2. The number of rotatable bonds is 4. The van der Waals surface area contributed by atoms with E-state index in [1.807, 2.05) is 24.8 Å². The van der Waals surface area contributed by atoms with Crippen LogP contribution in [0, 0.1) is 19.7 Å². The third-order valence-corrected chi connectivity index (χ3v) is 5.20. The first kappa shape index (κ1) is 17.7. The molecule has 0 N–H and O–H groups in total. The maximum Gasteiger partial charge on any atom is 0.263 e. The molecule has 27 heavy (non-hydrogen) atoms. The van der Waals surface area contributed by atoms with Gasteiger partial charge in [-0.2, -0.15) is 0 Å². The number of anilines is 1. The number of ether oxygens (including phenoxy) is 1. The van der Waals surface area contributed by atoms with E-state index in [2.05, 4.69) is 14.9 Å². The smallest absolute Gasteiger partial charge is 0.263 e. The van der Waals surface area contributed by atoms with Crippen molar-refractivity contribution >= 4 is 11.7 Å². The largest absolute Gasteiger partial charge is 0.481 e. The van der Waals surface area contributed by atoms with Crippen molar-refractivity contribution in [2.45, 2.75) is 45.4 Å². The lowest BCUT2D eigenvalue weighted by atomic mass is 9.86. The average Bonchev–Trinajstić information content (AvgIpc) is 2.62. The summed E-state index contributed by atoms with van der Waals surface area (Å²) < 4.78 is 18.7. The molecule has 3 saturated heterocycles. The maximum absolute atomic E-state index is 13.0. The number of aryl methyl sites for hydroxylation is 2. The zero-order chi connectivity index (χ0) is 19.1. The van der Waals surface area contributed by atoms with Gasteiger partial charge in [-0.1, -0.05) is 0 Å². The highest BCUT2D eigenvalue weighted by Crippen LogP contribution is 2.35. The molecule has 0 saturated carbocycles. The van der Waals surface area contributed by atoms with Gasteiger partial charge in [0, 0.05) is 24.8 Å². The number of benzene rings is 1. The van der Waals surface area contributed by atoms with Crippen LogP contribution >= 0.6 is 0 Å². The molecular formula is C20H23FN4O2. The standard InChI is InChI=1S/C20H23FN4O2/c1-12-8-19(23-14(3)22-12)24-10-16-9-17(11-24)25(16)20(26)13(2)27-18-6-4-15(21)5-7-18/h4-8,13,16-17H,9-11H2,1-3H3. The summed E-state index contributed by atoms with van der Waals surface area (Å²) in [5.41, 5.74) is 0.950. The van der Waals surface area contributed by atoms with Crippen molar-refractivity contribution in [2.24, 2.45) is 0 Å². The van der Waals surface area contributed by atoms with E-state index in [0.717, 1.165) is 36.8 Å². The number of nitrogens with zero attached hydrogens (tertiary/aromatic N) is 4. The van der Waals surface area contributed by atoms with E-state index in [9.17, 15) is 9.18 Å². The topological polar surface area (TPSA) is 58.6 Å². The van der Waals surface area contributed by atoms with Crippen LogP contribution in [-0.4, -0.2) is 52.1 Å². The summed E-state index contributed by atoms with van der Waals surface area (Å²) in [6.45, 7) is 7.14. The highest BCUT2D eigenvalue weighted by Gasteiger charge is 2.48. The third-order valence-electron chi connectivity index (χ3n) is 5.20. The third kappa shape index (κ3) is 3.46. The molecule has 2 aromatic rings. The first-order valence-electron chi connectivity index (χ1n) is 9.22. The molecule has 4 heterocycles. The molecule has 0 spiro atoms. The van der Waals surface area contributed by atoms with Gasteiger partial charge in [-0.05, 0) is 51.5 Å². The molecule has 0 aliphatic carbocycles. The Morgan fingerprint density at radius 1 is 1.19 bits per heavy atom. The van der Waals surface area contributed by atoms with E-state index in [4.69, 9.17) is 4.74 Å². The fraction of sp³-hybridized carbons (Fsp3) is 0.450. The highest BCUT2D eigenvalue weighted by atomic mass is 19.1. The first-order valence-corrected chi connectivity index (χ1v) is 9.22. The van der Waals surface area contributed by atoms with Crippen LogP contribution in [0.4, 0.5) is 10.2 Å². The van der Waals surface area contributed by atoms with Gasteiger partial charge >= 0.3 is 0 Å². The Kier molecular flexibility index (Phi) is 4.45. The van der Waals surface area contributed by atoms with Gasteiger partial charge < -0.3 is 14.5 Å². The Bertz CT molecular complexity index is 825. The Morgan fingerprint density at radius 3 is 2.48 bits per heavy atom. The number of hydrogen-bond acceptors (Lipinski definition) is 5. The average molecular weight is 370 g/mol. The zero-order valence-corrected chi connectivity index (χ0v) is 15.7. The Balaban J connectivity index is 1.40. The summed E-state index contributed by atoms with van der Waals surface area (Å²) in [6, 6.07) is 8.07. The van der Waals surface area contributed by atoms with Crippen LogP contribution in [0.1, 0.15) is 24.9 Å². The predicted molar refractivity (Wildman–Crippen MR) is 99.2 cm³/mol. The lowest BCUT2D eigenvalue weighted by Gasteiger charge is -2.57. The maximum atomic E-state index is 13.0. The number of hydrogen-bond donors (Lipinski definition) is 0. The van der Waals surface area contributed by atoms with E-state index >= 15 is 0 Å². The monoisotopic (exact) mass is 370 g/mol. The quantitative estimate of drug-likeness (QED) is 0.828. The number of piperazine rings is 1. The predicted octanol–water partition coefficient (Wildman–Crippen LogP) is 2.49. The van der Waals surface area contributed by atoms with Crippen LogP contribution < -0.4 is 9.64 Å². The number of carbonyl (C=O) groups is 1. The zero-order valence-electron chi connectivity index (χ0n) is 15.7. The van der Waals surface area contributed by atoms with Gasteiger partial charge in [-0.25, -0.2) is 14.4 Å². The molecule has 1 amide bonds. The SMILES string of the molecule is Cc1cc(N2CC3CC(C2)N3C(=O)C(C)Oc2ccc(F)cc2)nc(C)n1. The second kappa shape index (κ2) is 6.79. The summed E-state index contributed by atoms with van der Waals surface area (Å²) in [6.07, 6.45) is 0.407. The molecule has 2 bridgehead atoms. The Morgan fingerprint density at radius 2 is 1.85 bits per heavy atom. The highest BCUT2D eigenvalue weighted by molar-refractivity contribution is 5.83. The molecule has 5 rings (SSSR count). The van der Waals surface area contributed by atoms with Gasteiger partial charge in [0.2, 0.25) is 0 Å². The molecule has 3 atom stereocenters. The van der Waals surface area contributed by atoms with Crippen molar-refractivity contribution in [3.63, 3.8) is 0 Å². The second-order valence-electron chi connectivity index (χ2n) is 7.32. The summed E-state index contributed by atoms with van der Waals surface area (Å²) in [4.78, 5) is 25.9. The lowest BCUT2D eigenvalue weighted by molar-refractivity contribution is -0.153. The number of aromatic nitrogens is 2. The second-order valence-corrected chi connectivity index (χ2v) is 7.32. The van der Waals surface area contributed by atoms with Crippen molar-refractivity contribution in [1.29, 1.82) is 0 Å². The minimum Gasteiger partial charge on any atom is -0.481 e. The van der Waals surface area contributed by atoms with Crippen LogP contribution in [0.3, 0.4) is 0 Å². The van der Waals surface area contributed by atoms with Crippen molar-refractivity contribution in [1.82, 2.24) is 14.9 Å². The molecular weight excluding hydrogens is 347 g/mol. The summed E-state index contributed by atoms with van der Waals surface area (Å²) in [5, 5.41) is 0. The lowest BCUT2D eigenvalue weighted by Crippen LogP contribution is -2.71. The molecule has 3 fully saturated rings. The van der Waals surface area contributed by atoms with Gasteiger partial charge in [-0.3, -0.25) is 4.79 Å². The van der Waals surface area contributed by atoms with Crippen LogP contribution in [0.15, 0.2) is 30.3 Å². The number of fused-ring (bicyclic) bond motifs is 2. The molecule has 0 radical (unpaired) electrons. The van der Waals surface area contributed by atoms with Crippen molar-refractivity contribution in [2.75, 3.05) is 18.0 Å². The number of carbonyl (C=O) groups excluding carboxylic acids is 1. The fourth-order valence-electron chi connectivity index (χ4n) is 3.99. The molecule has 1 aromatic heterocycles. The van der Waals surface area contributed by atoms with Crippen molar-refractivity contribution < 1.29 is 13.9 Å². The minimum absolute atomic E-state index is 0.0183. The van der Waals surface area contributed by atoms with Crippen LogP contribution in [0.25, 0.3) is 0 Å². The van der Waals surface area contributed by atoms with Crippen molar-refractivity contribution in [3.05, 3.63) is 47.7 Å². The van der Waals surface area contributed by atoms with Crippen LogP contribution in [-0.2, 0) is 4.79 Å². The van der Waals surface area contributed by atoms with Crippen LogP contribution in [0.5, 0.6) is 5.75 Å². The first-order chi connectivity index (χ1) is 12.9.